The second kappa shape index (κ2) is 8.40. The Labute approximate surface area is 144 Å². The molecule has 1 aromatic heterocycles. The monoisotopic (exact) mass is 346 g/mol. The fourth-order valence-electron chi connectivity index (χ4n) is 2.02. The van der Waals surface area contributed by atoms with Crippen LogP contribution in [0.3, 0.4) is 0 Å². The van der Waals surface area contributed by atoms with Gasteiger partial charge in [-0.3, -0.25) is 9.59 Å². The number of thiophene rings is 1. The molecule has 0 saturated heterocycles. The molecule has 2 amide bonds. The number of amides is 2. The molecular formula is C18H19FN2O2S. The Morgan fingerprint density at radius 1 is 1.21 bits per heavy atom. The molecule has 2 rings (SSSR count). The van der Waals surface area contributed by atoms with Gasteiger partial charge in [-0.1, -0.05) is 12.1 Å². The van der Waals surface area contributed by atoms with Crippen LogP contribution in [0.4, 0.5) is 4.39 Å². The molecule has 0 bridgehead atoms. The number of benzene rings is 1. The first-order chi connectivity index (χ1) is 11.5. The van der Waals surface area contributed by atoms with Gasteiger partial charge in [-0.15, -0.1) is 11.3 Å². The maximum absolute atomic E-state index is 12.9. The van der Waals surface area contributed by atoms with Gasteiger partial charge in [0.25, 0.3) is 0 Å². The molecule has 0 spiro atoms. The molecule has 0 fully saturated rings. The molecule has 1 heterocycles. The molecule has 0 aliphatic heterocycles. The highest BCUT2D eigenvalue weighted by molar-refractivity contribution is 7.16. The van der Waals surface area contributed by atoms with E-state index in [4.69, 9.17) is 0 Å². The van der Waals surface area contributed by atoms with Crippen LogP contribution in [0.2, 0.25) is 0 Å². The van der Waals surface area contributed by atoms with Gasteiger partial charge < -0.3 is 10.6 Å². The van der Waals surface area contributed by atoms with Crippen molar-refractivity contribution in [3.8, 4) is 10.4 Å². The first kappa shape index (κ1) is 17.9. The Morgan fingerprint density at radius 3 is 2.58 bits per heavy atom. The fraction of sp³-hybridized carbons (Fsp3) is 0.222. The number of hydrogen-bond donors (Lipinski definition) is 2. The van der Waals surface area contributed by atoms with Crippen LogP contribution in [0.15, 0.2) is 42.5 Å². The third-order valence-corrected chi connectivity index (χ3v) is 4.36. The summed E-state index contributed by atoms with van der Waals surface area (Å²) in [6.45, 7) is 3.98. The topological polar surface area (TPSA) is 58.2 Å². The van der Waals surface area contributed by atoms with Gasteiger partial charge in [-0.25, -0.2) is 4.39 Å². The molecule has 4 nitrogen and oxygen atoms in total. The zero-order valence-electron chi connectivity index (χ0n) is 13.5. The van der Waals surface area contributed by atoms with Crippen molar-refractivity contribution in [2.24, 2.45) is 0 Å². The SMILES string of the molecule is CCNC(=O)C(C)NC(=O)/C=C/c1ccc(-c2ccc(F)cc2)s1. The molecule has 2 N–H and O–H groups in total. The lowest BCUT2D eigenvalue weighted by atomic mass is 10.2. The Hall–Kier alpha value is -2.47. The van der Waals surface area contributed by atoms with Gasteiger partial charge in [0.05, 0.1) is 0 Å². The van der Waals surface area contributed by atoms with Crippen LogP contribution in [0.1, 0.15) is 18.7 Å². The predicted molar refractivity (Wildman–Crippen MR) is 95.0 cm³/mol. The summed E-state index contributed by atoms with van der Waals surface area (Å²) >= 11 is 1.50. The fourth-order valence-corrected chi connectivity index (χ4v) is 2.94. The lowest BCUT2D eigenvalue weighted by molar-refractivity contribution is -0.126. The zero-order chi connectivity index (χ0) is 17.5. The van der Waals surface area contributed by atoms with E-state index in [0.717, 1.165) is 15.3 Å². The Kier molecular flexibility index (Phi) is 6.26. The minimum atomic E-state index is -0.583. The van der Waals surface area contributed by atoms with Crippen molar-refractivity contribution in [3.63, 3.8) is 0 Å². The Morgan fingerprint density at radius 2 is 1.92 bits per heavy atom. The zero-order valence-corrected chi connectivity index (χ0v) is 14.3. The molecule has 6 heteroatoms. The summed E-state index contributed by atoms with van der Waals surface area (Å²) in [5.41, 5.74) is 0.926. The summed E-state index contributed by atoms with van der Waals surface area (Å²) in [6, 6.07) is 9.50. The van der Waals surface area contributed by atoms with E-state index < -0.39 is 6.04 Å². The lowest BCUT2D eigenvalue weighted by Crippen LogP contribution is -2.44. The molecule has 1 unspecified atom stereocenters. The van der Waals surface area contributed by atoms with E-state index in [9.17, 15) is 14.0 Å². The van der Waals surface area contributed by atoms with Crippen molar-refractivity contribution in [2.45, 2.75) is 19.9 Å². The van der Waals surface area contributed by atoms with E-state index in [2.05, 4.69) is 10.6 Å². The number of carbonyl (C=O) groups is 2. The first-order valence-electron chi connectivity index (χ1n) is 7.61. The van der Waals surface area contributed by atoms with Crippen LogP contribution in [0, 0.1) is 5.82 Å². The third-order valence-electron chi connectivity index (χ3n) is 3.26. The van der Waals surface area contributed by atoms with E-state index in [1.165, 1.54) is 29.5 Å². The number of carbonyl (C=O) groups excluding carboxylic acids is 2. The molecule has 24 heavy (non-hydrogen) atoms. The molecule has 0 saturated carbocycles. The minimum absolute atomic E-state index is 0.214. The van der Waals surface area contributed by atoms with Gasteiger partial charge in [0, 0.05) is 22.4 Å². The Bertz CT molecular complexity index is 738. The average molecular weight is 346 g/mol. The standard InChI is InChI=1S/C18H19FN2O2S/c1-3-20-18(23)12(2)21-17(22)11-9-15-8-10-16(24-15)13-4-6-14(19)7-5-13/h4-12H,3H2,1-2H3,(H,20,23)(H,21,22)/b11-9+. The molecule has 0 aliphatic rings. The third kappa shape index (κ3) is 5.03. The maximum atomic E-state index is 12.9. The van der Waals surface area contributed by atoms with Crippen LogP contribution < -0.4 is 10.6 Å². The second-order valence-corrected chi connectivity index (χ2v) is 6.28. The highest BCUT2D eigenvalue weighted by Gasteiger charge is 2.12. The van der Waals surface area contributed by atoms with Crippen LogP contribution in [-0.4, -0.2) is 24.4 Å². The molecule has 0 radical (unpaired) electrons. The van der Waals surface area contributed by atoms with Gasteiger partial charge >= 0.3 is 0 Å². The summed E-state index contributed by atoms with van der Waals surface area (Å²) in [5, 5.41) is 5.25. The van der Waals surface area contributed by atoms with Gasteiger partial charge in [-0.05, 0) is 49.8 Å². The lowest BCUT2D eigenvalue weighted by Gasteiger charge is -2.11. The smallest absolute Gasteiger partial charge is 0.244 e. The maximum Gasteiger partial charge on any atom is 0.244 e. The van der Waals surface area contributed by atoms with E-state index in [-0.39, 0.29) is 17.6 Å². The van der Waals surface area contributed by atoms with Crippen molar-refractivity contribution in [1.82, 2.24) is 10.6 Å². The van der Waals surface area contributed by atoms with Crippen LogP contribution in [0.25, 0.3) is 16.5 Å². The quantitative estimate of drug-likeness (QED) is 0.789. The van der Waals surface area contributed by atoms with E-state index in [1.807, 2.05) is 19.1 Å². The van der Waals surface area contributed by atoms with Gasteiger partial charge in [0.2, 0.25) is 11.8 Å². The molecule has 126 valence electrons. The summed E-state index contributed by atoms with van der Waals surface area (Å²) in [4.78, 5) is 25.3. The average Bonchev–Trinajstić information content (AvgIpc) is 3.03. The number of hydrogen-bond acceptors (Lipinski definition) is 3. The van der Waals surface area contributed by atoms with E-state index in [0.29, 0.717) is 6.54 Å². The summed E-state index contributed by atoms with van der Waals surface area (Å²) < 4.78 is 12.9. The van der Waals surface area contributed by atoms with Crippen molar-refractivity contribution in [3.05, 3.63) is 53.2 Å². The molecule has 2 aromatic rings. The molecule has 1 atom stereocenters. The summed E-state index contributed by atoms with van der Waals surface area (Å²) in [5.74, 6) is -0.812. The molecular weight excluding hydrogens is 327 g/mol. The first-order valence-corrected chi connectivity index (χ1v) is 8.43. The van der Waals surface area contributed by atoms with Crippen LogP contribution in [-0.2, 0) is 9.59 Å². The minimum Gasteiger partial charge on any atom is -0.355 e. The highest BCUT2D eigenvalue weighted by atomic mass is 32.1. The van der Waals surface area contributed by atoms with Crippen LogP contribution in [0.5, 0.6) is 0 Å². The predicted octanol–water partition coefficient (Wildman–Crippen LogP) is 3.21. The van der Waals surface area contributed by atoms with E-state index >= 15 is 0 Å². The number of nitrogens with one attached hydrogen (secondary N) is 2. The number of likely N-dealkylation sites (N-methyl/N-ethyl adjacent to an activating group) is 1. The molecule has 0 aliphatic carbocycles. The summed E-state index contributed by atoms with van der Waals surface area (Å²) in [6.07, 6.45) is 3.09. The summed E-state index contributed by atoms with van der Waals surface area (Å²) in [7, 11) is 0. The van der Waals surface area contributed by atoms with Crippen molar-refractivity contribution < 1.29 is 14.0 Å². The van der Waals surface area contributed by atoms with Crippen molar-refractivity contribution in [1.29, 1.82) is 0 Å². The van der Waals surface area contributed by atoms with Gasteiger partial charge in [0.1, 0.15) is 11.9 Å². The van der Waals surface area contributed by atoms with E-state index in [1.54, 1.807) is 25.1 Å². The molecule has 1 aromatic carbocycles. The van der Waals surface area contributed by atoms with Crippen molar-refractivity contribution in [2.75, 3.05) is 6.54 Å². The number of halogens is 1. The van der Waals surface area contributed by atoms with Crippen molar-refractivity contribution >= 4 is 29.2 Å². The number of rotatable bonds is 6. The second-order valence-electron chi connectivity index (χ2n) is 5.17. The highest BCUT2D eigenvalue weighted by Crippen LogP contribution is 2.28. The Balaban J connectivity index is 1.96. The normalized spacial score (nSPS) is 12.1. The van der Waals surface area contributed by atoms with Gasteiger partial charge in [-0.2, -0.15) is 0 Å². The largest absolute Gasteiger partial charge is 0.355 e. The van der Waals surface area contributed by atoms with Crippen LogP contribution >= 0.6 is 11.3 Å². The van der Waals surface area contributed by atoms with Gasteiger partial charge in [0.15, 0.2) is 0 Å².